The van der Waals surface area contributed by atoms with Crippen LogP contribution in [0.25, 0.3) is 0 Å². The lowest BCUT2D eigenvalue weighted by atomic mass is 9.86. The van der Waals surface area contributed by atoms with E-state index in [1.165, 1.54) is 5.56 Å². The van der Waals surface area contributed by atoms with Crippen LogP contribution in [0.5, 0.6) is 0 Å². The highest BCUT2D eigenvalue weighted by Gasteiger charge is 2.29. The molecule has 1 atom stereocenters. The van der Waals surface area contributed by atoms with Gasteiger partial charge in [0.2, 0.25) is 5.91 Å². The van der Waals surface area contributed by atoms with E-state index in [2.05, 4.69) is 10.4 Å². The molecule has 1 aromatic heterocycles. The Labute approximate surface area is 125 Å². The van der Waals surface area contributed by atoms with E-state index in [0.29, 0.717) is 25.2 Å². The second-order valence-corrected chi connectivity index (χ2v) is 5.48. The maximum atomic E-state index is 12.2. The van der Waals surface area contributed by atoms with Gasteiger partial charge in [-0.15, -0.1) is 0 Å². The maximum Gasteiger partial charge on any atom is 0.231 e. The van der Waals surface area contributed by atoms with Gasteiger partial charge < -0.3 is 11.1 Å². The first-order valence-corrected chi connectivity index (χ1v) is 7.15. The van der Waals surface area contributed by atoms with Crippen molar-refractivity contribution in [2.24, 2.45) is 11.1 Å². The van der Waals surface area contributed by atoms with Crippen LogP contribution < -0.4 is 11.1 Å². The third-order valence-electron chi connectivity index (χ3n) is 3.86. The van der Waals surface area contributed by atoms with Crippen LogP contribution in [-0.2, 0) is 11.3 Å². The van der Waals surface area contributed by atoms with Gasteiger partial charge in [0.1, 0.15) is 0 Å². The number of nitrogens with two attached hydrogens (primary N) is 1. The zero-order valence-electron chi connectivity index (χ0n) is 12.5. The minimum absolute atomic E-state index is 0.0632. The van der Waals surface area contributed by atoms with E-state index in [9.17, 15) is 4.79 Å². The molecule has 2 aromatic rings. The van der Waals surface area contributed by atoms with E-state index in [0.717, 1.165) is 0 Å². The number of hydrogen-bond acceptors (Lipinski definition) is 3. The van der Waals surface area contributed by atoms with E-state index in [1.54, 1.807) is 10.9 Å². The zero-order chi connectivity index (χ0) is 15.3. The van der Waals surface area contributed by atoms with Gasteiger partial charge in [0.05, 0.1) is 23.8 Å². The number of nitrogens with one attached hydrogen (secondary N) is 1. The van der Waals surface area contributed by atoms with Crippen molar-refractivity contribution < 1.29 is 4.79 Å². The molecule has 0 saturated carbocycles. The number of amides is 1. The highest BCUT2D eigenvalue weighted by molar-refractivity contribution is 5.95. The lowest BCUT2D eigenvalue weighted by molar-refractivity contribution is -0.124. The Morgan fingerprint density at radius 3 is 2.71 bits per heavy atom. The molecule has 1 heterocycles. The Morgan fingerprint density at radius 1 is 1.38 bits per heavy atom. The van der Waals surface area contributed by atoms with Gasteiger partial charge in [0.15, 0.2) is 0 Å². The summed E-state index contributed by atoms with van der Waals surface area (Å²) in [6.07, 6.45) is 4.19. The van der Waals surface area contributed by atoms with Gasteiger partial charge in [-0.05, 0) is 18.9 Å². The van der Waals surface area contributed by atoms with Crippen LogP contribution in [0, 0.1) is 5.41 Å². The fourth-order valence-corrected chi connectivity index (χ4v) is 1.96. The average Bonchev–Trinajstić information content (AvgIpc) is 2.94. The smallest absolute Gasteiger partial charge is 0.231 e. The van der Waals surface area contributed by atoms with Crippen LogP contribution >= 0.6 is 0 Å². The van der Waals surface area contributed by atoms with Gasteiger partial charge in [0.25, 0.3) is 0 Å². The third-order valence-corrected chi connectivity index (χ3v) is 3.86. The first kappa shape index (κ1) is 15.3. The molecule has 0 bridgehead atoms. The lowest BCUT2D eigenvalue weighted by Crippen LogP contribution is -2.39. The van der Waals surface area contributed by atoms with Crippen molar-refractivity contribution in [1.29, 1.82) is 0 Å². The summed E-state index contributed by atoms with van der Waals surface area (Å²) in [6, 6.07) is 10.1. The lowest BCUT2D eigenvalue weighted by Gasteiger charge is -2.24. The molecule has 21 heavy (non-hydrogen) atoms. The van der Waals surface area contributed by atoms with Crippen molar-refractivity contribution in [3.05, 3.63) is 48.3 Å². The van der Waals surface area contributed by atoms with Crippen molar-refractivity contribution in [3.8, 4) is 0 Å². The number of carbonyl (C=O) groups excluding carboxylic acids is 1. The predicted octanol–water partition coefficient (Wildman–Crippen LogP) is 2.24. The maximum absolute atomic E-state index is 12.2. The Bertz CT molecular complexity index is 587. The van der Waals surface area contributed by atoms with Crippen LogP contribution in [0.1, 0.15) is 25.8 Å². The molecule has 0 aliphatic rings. The minimum atomic E-state index is -0.540. The zero-order valence-corrected chi connectivity index (χ0v) is 12.5. The quantitative estimate of drug-likeness (QED) is 0.855. The fraction of sp³-hybridized carbons (Fsp3) is 0.375. The van der Waals surface area contributed by atoms with E-state index < -0.39 is 5.41 Å². The normalized spacial score (nSPS) is 13.7. The molecular formula is C16H22N4O. The molecule has 1 aromatic carbocycles. The van der Waals surface area contributed by atoms with Crippen molar-refractivity contribution >= 4 is 11.6 Å². The van der Waals surface area contributed by atoms with Crippen LogP contribution in [0.2, 0.25) is 0 Å². The average molecular weight is 286 g/mol. The molecule has 0 spiro atoms. The summed E-state index contributed by atoms with van der Waals surface area (Å²) in [5, 5.41) is 7.16. The molecule has 1 amide bonds. The van der Waals surface area contributed by atoms with Crippen molar-refractivity contribution in [3.63, 3.8) is 0 Å². The molecule has 0 aliphatic carbocycles. The molecule has 0 aliphatic heterocycles. The highest BCUT2D eigenvalue weighted by atomic mass is 16.2. The summed E-state index contributed by atoms with van der Waals surface area (Å²) in [7, 11) is 0. The van der Waals surface area contributed by atoms with Crippen molar-refractivity contribution in [2.75, 3.05) is 11.9 Å². The molecule has 0 saturated heterocycles. The summed E-state index contributed by atoms with van der Waals surface area (Å²) in [5.41, 5.74) is 7.02. The van der Waals surface area contributed by atoms with E-state index in [4.69, 9.17) is 5.73 Å². The van der Waals surface area contributed by atoms with Gasteiger partial charge in [-0.25, -0.2) is 0 Å². The number of rotatable bonds is 6. The molecule has 5 nitrogen and oxygen atoms in total. The number of nitrogens with zero attached hydrogens (tertiary/aromatic N) is 2. The standard InChI is InChI=1S/C16H22N4O/c1-3-16(2,12-17)15(21)19-14-9-18-20(11-14)10-13-7-5-4-6-8-13/h4-9,11H,3,10,12,17H2,1-2H3,(H,19,21). The Morgan fingerprint density at radius 2 is 2.10 bits per heavy atom. The number of aromatic nitrogens is 2. The van der Waals surface area contributed by atoms with E-state index in [1.807, 2.05) is 50.4 Å². The number of carbonyl (C=O) groups is 1. The van der Waals surface area contributed by atoms with Gasteiger partial charge >= 0.3 is 0 Å². The molecule has 3 N–H and O–H groups in total. The van der Waals surface area contributed by atoms with Gasteiger partial charge in [-0.2, -0.15) is 5.10 Å². The predicted molar refractivity (Wildman–Crippen MR) is 83.9 cm³/mol. The highest BCUT2D eigenvalue weighted by Crippen LogP contribution is 2.21. The second kappa shape index (κ2) is 6.54. The van der Waals surface area contributed by atoms with E-state index >= 15 is 0 Å². The van der Waals surface area contributed by atoms with Crippen molar-refractivity contribution in [1.82, 2.24) is 9.78 Å². The summed E-state index contributed by atoms with van der Waals surface area (Å²) < 4.78 is 1.80. The fourth-order valence-electron chi connectivity index (χ4n) is 1.96. The summed E-state index contributed by atoms with van der Waals surface area (Å²) in [4.78, 5) is 12.2. The van der Waals surface area contributed by atoms with Crippen LogP contribution in [0.15, 0.2) is 42.7 Å². The second-order valence-electron chi connectivity index (χ2n) is 5.48. The van der Waals surface area contributed by atoms with Gasteiger partial charge in [-0.3, -0.25) is 9.48 Å². The monoisotopic (exact) mass is 286 g/mol. The van der Waals surface area contributed by atoms with Gasteiger partial charge in [0, 0.05) is 12.7 Å². The first-order chi connectivity index (χ1) is 10.1. The summed E-state index contributed by atoms with van der Waals surface area (Å²) >= 11 is 0. The molecule has 0 radical (unpaired) electrons. The topological polar surface area (TPSA) is 72.9 Å². The summed E-state index contributed by atoms with van der Waals surface area (Å²) in [6.45, 7) is 4.84. The SMILES string of the molecule is CCC(C)(CN)C(=O)Nc1cnn(Cc2ccccc2)c1. The minimum Gasteiger partial charge on any atom is -0.329 e. The van der Waals surface area contributed by atoms with Crippen LogP contribution in [-0.4, -0.2) is 22.2 Å². The number of anilines is 1. The van der Waals surface area contributed by atoms with Crippen LogP contribution in [0.3, 0.4) is 0 Å². The molecule has 0 fully saturated rings. The first-order valence-electron chi connectivity index (χ1n) is 7.15. The molecule has 112 valence electrons. The van der Waals surface area contributed by atoms with E-state index in [-0.39, 0.29) is 5.91 Å². The molecule has 5 heteroatoms. The van der Waals surface area contributed by atoms with Gasteiger partial charge in [-0.1, -0.05) is 37.3 Å². The molecule has 1 unspecified atom stereocenters. The Balaban J connectivity index is 2.02. The molecule has 2 rings (SSSR count). The van der Waals surface area contributed by atoms with Crippen molar-refractivity contribution in [2.45, 2.75) is 26.8 Å². The summed E-state index contributed by atoms with van der Waals surface area (Å²) in [5.74, 6) is -0.0632. The number of benzene rings is 1. The number of hydrogen-bond donors (Lipinski definition) is 2. The Kier molecular flexibility index (Phi) is 4.75. The van der Waals surface area contributed by atoms with Crippen LogP contribution in [0.4, 0.5) is 5.69 Å². The largest absolute Gasteiger partial charge is 0.329 e. The molecular weight excluding hydrogens is 264 g/mol. The Hall–Kier alpha value is -2.14. The third kappa shape index (κ3) is 3.70.